The van der Waals surface area contributed by atoms with Crippen LogP contribution in [0.2, 0.25) is 0 Å². The fraction of sp³-hybridized carbons (Fsp3) is 0.609. The third kappa shape index (κ3) is 5.66. The Bertz CT molecular complexity index is 833. The SMILES string of the molecule is C=C1/C=C(Cl)\C(C#N)=C/CN(C[C@H]2CCC[C@]3(C2)CN(CC(C)(C)C)C(=O)O3)C=N1. The third-order valence-electron chi connectivity index (χ3n) is 5.69. The van der Waals surface area contributed by atoms with Gasteiger partial charge in [0.25, 0.3) is 0 Å². The zero-order valence-electron chi connectivity index (χ0n) is 18.2. The number of carbonyl (C=O) groups is 1. The quantitative estimate of drug-likeness (QED) is 0.642. The summed E-state index contributed by atoms with van der Waals surface area (Å²) in [5.41, 5.74) is 0.594. The highest BCUT2D eigenvalue weighted by molar-refractivity contribution is 6.32. The molecule has 2 fully saturated rings. The number of aliphatic imine (C=N–C) groups is 1. The van der Waals surface area contributed by atoms with Crippen molar-refractivity contribution in [3.05, 3.63) is 35.0 Å². The van der Waals surface area contributed by atoms with E-state index in [2.05, 4.69) is 43.3 Å². The molecule has 3 rings (SSSR count). The summed E-state index contributed by atoms with van der Waals surface area (Å²) in [7, 11) is 0. The molecular weight excluding hydrogens is 400 g/mol. The molecule has 1 spiro atoms. The van der Waals surface area contributed by atoms with Gasteiger partial charge in [-0.1, -0.05) is 39.0 Å². The Kier molecular flexibility index (Phi) is 6.62. The van der Waals surface area contributed by atoms with Crippen LogP contribution in [-0.4, -0.2) is 54.0 Å². The number of rotatable bonds is 3. The number of nitriles is 1. The van der Waals surface area contributed by atoms with Gasteiger partial charge in [-0.3, -0.25) is 0 Å². The minimum absolute atomic E-state index is 0.0423. The standard InChI is InChI=1S/C23H31ClN4O2/c1-17-10-20(24)19(12-25)7-9-27(16-26-17)13-18-6-5-8-23(11-18)15-28(21(29)30-23)14-22(2,3)4/h7,10,16,18H,1,5-6,8-9,11,13-15H2,2-4H3/b19-7-,20-10+,26-16?/t18-,23-/m0/s1. The van der Waals surface area contributed by atoms with Crippen LogP contribution in [0, 0.1) is 22.7 Å². The number of nitrogens with zero attached hydrogens (tertiary/aromatic N) is 4. The van der Waals surface area contributed by atoms with E-state index in [1.807, 2.05) is 11.0 Å². The van der Waals surface area contributed by atoms with Gasteiger partial charge in [0, 0.05) is 19.6 Å². The van der Waals surface area contributed by atoms with Crippen molar-refractivity contribution < 1.29 is 9.53 Å². The van der Waals surface area contributed by atoms with Crippen LogP contribution in [0.3, 0.4) is 0 Å². The lowest BCUT2D eigenvalue weighted by Gasteiger charge is -2.38. The van der Waals surface area contributed by atoms with Crippen LogP contribution in [0.4, 0.5) is 4.79 Å². The van der Waals surface area contributed by atoms with E-state index in [-0.39, 0.29) is 17.1 Å². The topological polar surface area (TPSA) is 68.9 Å². The molecule has 7 heteroatoms. The van der Waals surface area contributed by atoms with Gasteiger partial charge >= 0.3 is 6.09 Å². The van der Waals surface area contributed by atoms with E-state index < -0.39 is 0 Å². The summed E-state index contributed by atoms with van der Waals surface area (Å²) in [6.07, 6.45) is 8.89. The molecule has 1 saturated heterocycles. The molecule has 0 radical (unpaired) electrons. The number of allylic oxidation sites excluding steroid dienone is 3. The maximum Gasteiger partial charge on any atom is 0.410 e. The smallest absolute Gasteiger partial charge is 0.410 e. The van der Waals surface area contributed by atoms with Gasteiger partial charge in [-0.05, 0) is 49.2 Å². The summed E-state index contributed by atoms with van der Waals surface area (Å²) in [4.78, 5) is 20.8. The Morgan fingerprint density at radius 3 is 2.93 bits per heavy atom. The maximum atomic E-state index is 12.5. The highest BCUT2D eigenvalue weighted by atomic mass is 35.5. The van der Waals surface area contributed by atoms with Crippen LogP contribution in [0.15, 0.2) is 40.0 Å². The normalized spacial score (nSPS) is 31.2. The number of hydrogen-bond donors (Lipinski definition) is 0. The molecule has 1 aliphatic carbocycles. The maximum absolute atomic E-state index is 12.5. The first kappa shape index (κ1) is 22.4. The van der Waals surface area contributed by atoms with E-state index in [4.69, 9.17) is 16.3 Å². The Hall–Kier alpha value is -2.26. The van der Waals surface area contributed by atoms with Crippen molar-refractivity contribution in [2.24, 2.45) is 16.3 Å². The Morgan fingerprint density at radius 1 is 1.47 bits per heavy atom. The molecule has 3 aliphatic rings. The van der Waals surface area contributed by atoms with Gasteiger partial charge in [-0.15, -0.1) is 0 Å². The van der Waals surface area contributed by atoms with Gasteiger partial charge in [0.05, 0.1) is 29.2 Å². The van der Waals surface area contributed by atoms with Crippen LogP contribution in [-0.2, 0) is 4.74 Å². The largest absolute Gasteiger partial charge is 0.441 e. The molecule has 0 aromatic heterocycles. The number of carbonyl (C=O) groups excluding carboxylic acids is 1. The van der Waals surface area contributed by atoms with Crippen molar-refractivity contribution in [1.82, 2.24) is 9.80 Å². The lowest BCUT2D eigenvalue weighted by molar-refractivity contribution is 0.00403. The molecule has 1 amide bonds. The molecule has 2 atom stereocenters. The highest BCUT2D eigenvalue weighted by Gasteiger charge is 2.48. The molecule has 0 aromatic carbocycles. The van der Waals surface area contributed by atoms with Gasteiger partial charge < -0.3 is 14.5 Å². The molecular formula is C23H31ClN4O2. The van der Waals surface area contributed by atoms with E-state index in [1.54, 1.807) is 12.4 Å². The van der Waals surface area contributed by atoms with E-state index in [1.165, 1.54) is 0 Å². The second-order valence-electron chi connectivity index (χ2n) is 9.84. The minimum Gasteiger partial charge on any atom is -0.441 e. The number of halogens is 1. The third-order valence-corrected chi connectivity index (χ3v) is 6.00. The fourth-order valence-electron chi connectivity index (χ4n) is 4.55. The van der Waals surface area contributed by atoms with Gasteiger partial charge in [-0.25, -0.2) is 9.79 Å². The van der Waals surface area contributed by atoms with E-state index in [0.29, 0.717) is 41.9 Å². The lowest BCUT2D eigenvalue weighted by Crippen LogP contribution is -2.43. The van der Waals surface area contributed by atoms with Crippen molar-refractivity contribution in [2.45, 2.75) is 52.1 Å². The first-order valence-electron chi connectivity index (χ1n) is 10.5. The van der Waals surface area contributed by atoms with Crippen molar-refractivity contribution >= 4 is 24.0 Å². The van der Waals surface area contributed by atoms with Crippen molar-refractivity contribution in [1.29, 1.82) is 5.26 Å². The second-order valence-corrected chi connectivity index (χ2v) is 10.2. The molecule has 2 heterocycles. The van der Waals surface area contributed by atoms with Gasteiger partial charge in [0.2, 0.25) is 0 Å². The van der Waals surface area contributed by atoms with Crippen LogP contribution >= 0.6 is 11.6 Å². The predicted octanol–water partition coefficient (Wildman–Crippen LogP) is 4.84. The van der Waals surface area contributed by atoms with E-state index in [9.17, 15) is 10.1 Å². The van der Waals surface area contributed by atoms with E-state index in [0.717, 1.165) is 32.2 Å². The first-order chi connectivity index (χ1) is 14.1. The zero-order chi connectivity index (χ0) is 21.9. The van der Waals surface area contributed by atoms with Gasteiger partial charge in [0.15, 0.2) is 0 Å². The molecule has 0 aromatic rings. The summed E-state index contributed by atoms with van der Waals surface area (Å²) < 4.78 is 5.94. The van der Waals surface area contributed by atoms with Crippen LogP contribution in [0.5, 0.6) is 0 Å². The zero-order valence-corrected chi connectivity index (χ0v) is 18.9. The minimum atomic E-state index is -0.385. The summed E-state index contributed by atoms with van der Waals surface area (Å²) >= 11 is 6.19. The Labute approximate surface area is 184 Å². The monoisotopic (exact) mass is 430 g/mol. The molecule has 6 nitrogen and oxygen atoms in total. The van der Waals surface area contributed by atoms with Crippen molar-refractivity contribution in [2.75, 3.05) is 26.2 Å². The summed E-state index contributed by atoms with van der Waals surface area (Å²) in [5.74, 6) is 0.379. The molecule has 162 valence electrons. The van der Waals surface area contributed by atoms with Crippen molar-refractivity contribution in [3.63, 3.8) is 0 Å². The summed E-state index contributed by atoms with van der Waals surface area (Å²) in [6, 6.07) is 2.14. The van der Waals surface area contributed by atoms with Gasteiger partial charge in [-0.2, -0.15) is 5.26 Å². The first-order valence-corrected chi connectivity index (χ1v) is 10.9. The number of hydrogen-bond acceptors (Lipinski definition) is 5. The molecule has 0 unspecified atom stereocenters. The van der Waals surface area contributed by atoms with Crippen LogP contribution < -0.4 is 0 Å². The molecule has 0 bridgehead atoms. The predicted molar refractivity (Wildman–Crippen MR) is 119 cm³/mol. The fourth-order valence-corrected chi connectivity index (χ4v) is 4.79. The average Bonchev–Trinajstić information content (AvgIpc) is 2.94. The second kappa shape index (κ2) is 8.85. The summed E-state index contributed by atoms with van der Waals surface area (Å²) in [5, 5.41) is 9.70. The highest BCUT2D eigenvalue weighted by Crippen LogP contribution is 2.40. The number of ether oxygens (including phenoxy) is 1. The Balaban J connectivity index is 1.68. The molecule has 1 saturated carbocycles. The molecule has 2 aliphatic heterocycles. The molecule has 30 heavy (non-hydrogen) atoms. The average molecular weight is 431 g/mol. The Morgan fingerprint density at radius 2 is 2.23 bits per heavy atom. The van der Waals surface area contributed by atoms with E-state index >= 15 is 0 Å². The van der Waals surface area contributed by atoms with Gasteiger partial charge in [0.1, 0.15) is 11.7 Å². The van der Waals surface area contributed by atoms with Crippen LogP contribution in [0.25, 0.3) is 0 Å². The molecule has 0 N–H and O–H groups in total. The lowest BCUT2D eigenvalue weighted by atomic mass is 9.77. The van der Waals surface area contributed by atoms with Crippen LogP contribution in [0.1, 0.15) is 46.5 Å². The summed E-state index contributed by atoms with van der Waals surface area (Å²) in [6.45, 7) is 13.0. The number of amides is 1. The van der Waals surface area contributed by atoms with Crippen molar-refractivity contribution in [3.8, 4) is 6.07 Å².